The largest absolute Gasteiger partial charge is 0.489 e. The molecular weight excluding hydrogens is 384 g/mol. The van der Waals surface area contributed by atoms with Gasteiger partial charge in [-0.3, -0.25) is 10.1 Å². The van der Waals surface area contributed by atoms with Crippen molar-refractivity contribution in [1.29, 1.82) is 0 Å². The van der Waals surface area contributed by atoms with Crippen LogP contribution in [0.2, 0.25) is 0 Å². The first kappa shape index (κ1) is 19.2. The van der Waals surface area contributed by atoms with Crippen molar-refractivity contribution in [2.45, 2.75) is 13.5 Å². The molecule has 0 spiro atoms. The second-order valence-corrected chi connectivity index (χ2v) is 6.74. The molecule has 0 bridgehead atoms. The number of hydrogen-bond donors (Lipinski definition) is 0. The monoisotopic (exact) mass is 402 g/mol. The Balaban J connectivity index is 1.57. The number of benzene rings is 3. The number of nitrogens with zero attached hydrogens (tertiary/aromatic N) is 2. The highest BCUT2D eigenvalue weighted by atomic mass is 16.6. The van der Waals surface area contributed by atoms with Gasteiger partial charge < -0.3 is 9.47 Å². The lowest BCUT2D eigenvalue weighted by atomic mass is 10.2. The number of aryl methyl sites for hydroxylation is 1. The van der Waals surface area contributed by atoms with E-state index in [-0.39, 0.29) is 11.4 Å². The van der Waals surface area contributed by atoms with Gasteiger partial charge in [0.1, 0.15) is 18.1 Å². The Labute approximate surface area is 172 Å². The number of nitro benzene ring substituents is 1. The van der Waals surface area contributed by atoms with Crippen LogP contribution in [0.5, 0.6) is 11.5 Å². The van der Waals surface area contributed by atoms with E-state index in [2.05, 4.69) is 0 Å². The van der Waals surface area contributed by atoms with Gasteiger partial charge in [-0.2, -0.15) is 0 Å². The molecule has 3 aromatic carbocycles. The van der Waals surface area contributed by atoms with E-state index in [1.165, 1.54) is 28.8 Å². The summed E-state index contributed by atoms with van der Waals surface area (Å²) in [4.78, 5) is 23.0. The minimum Gasteiger partial charge on any atom is -0.489 e. The second-order valence-electron chi connectivity index (χ2n) is 6.74. The highest BCUT2D eigenvalue weighted by molar-refractivity contribution is 5.92. The topological polar surface area (TPSA) is 83.6 Å². The molecule has 1 heterocycles. The van der Waals surface area contributed by atoms with E-state index in [0.717, 1.165) is 10.9 Å². The summed E-state index contributed by atoms with van der Waals surface area (Å²) in [6.45, 7) is 2.22. The van der Waals surface area contributed by atoms with Gasteiger partial charge >= 0.3 is 6.09 Å². The third kappa shape index (κ3) is 4.00. The molecule has 0 saturated heterocycles. The summed E-state index contributed by atoms with van der Waals surface area (Å²) in [5.41, 5.74) is 2.33. The number of carbonyl (C=O) groups is 1. The normalized spacial score (nSPS) is 10.7. The fraction of sp³-hybridized carbons (Fsp3) is 0.0870. The highest BCUT2D eigenvalue weighted by Gasteiger charge is 2.16. The lowest BCUT2D eigenvalue weighted by molar-refractivity contribution is -0.384. The first-order chi connectivity index (χ1) is 14.5. The van der Waals surface area contributed by atoms with E-state index in [9.17, 15) is 14.9 Å². The smallest absolute Gasteiger partial charge is 0.424 e. The van der Waals surface area contributed by atoms with Crippen LogP contribution in [0.3, 0.4) is 0 Å². The lowest BCUT2D eigenvalue weighted by Crippen LogP contribution is -2.17. The quantitative estimate of drug-likeness (QED) is 0.326. The Kier molecular flexibility index (Phi) is 5.17. The molecule has 4 rings (SSSR count). The molecule has 0 atom stereocenters. The summed E-state index contributed by atoms with van der Waals surface area (Å²) >= 11 is 0. The first-order valence-corrected chi connectivity index (χ1v) is 9.27. The molecule has 0 fully saturated rings. The van der Waals surface area contributed by atoms with Gasteiger partial charge in [-0.05, 0) is 42.8 Å². The minimum absolute atomic E-state index is 0.0717. The van der Waals surface area contributed by atoms with E-state index in [1.54, 1.807) is 6.07 Å². The maximum absolute atomic E-state index is 12.8. The van der Waals surface area contributed by atoms with E-state index >= 15 is 0 Å². The molecule has 0 saturated carbocycles. The third-order valence-electron chi connectivity index (χ3n) is 4.64. The lowest BCUT2D eigenvalue weighted by Gasteiger charge is -2.10. The van der Waals surface area contributed by atoms with E-state index in [4.69, 9.17) is 9.47 Å². The van der Waals surface area contributed by atoms with Crippen molar-refractivity contribution in [3.63, 3.8) is 0 Å². The molecule has 0 aliphatic carbocycles. The van der Waals surface area contributed by atoms with Crippen LogP contribution in [-0.2, 0) is 6.61 Å². The summed E-state index contributed by atoms with van der Waals surface area (Å²) in [5, 5.41) is 11.6. The molecule has 7 nitrogen and oxygen atoms in total. The molecule has 0 aliphatic heterocycles. The summed E-state index contributed by atoms with van der Waals surface area (Å²) in [6, 6.07) is 22.6. The van der Waals surface area contributed by atoms with Crippen molar-refractivity contribution in [3.05, 3.63) is 100 Å². The fourth-order valence-corrected chi connectivity index (χ4v) is 3.17. The van der Waals surface area contributed by atoms with Gasteiger partial charge in [0.15, 0.2) is 0 Å². The number of nitro groups is 1. The summed E-state index contributed by atoms with van der Waals surface area (Å²) in [5.74, 6) is 0.858. The van der Waals surface area contributed by atoms with Crippen LogP contribution in [0.1, 0.15) is 11.3 Å². The zero-order valence-electron chi connectivity index (χ0n) is 16.1. The van der Waals surface area contributed by atoms with Crippen molar-refractivity contribution in [3.8, 4) is 11.5 Å². The maximum Gasteiger partial charge on any atom is 0.424 e. The molecule has 4 aromatic rings. The van der Waals surface area contributed by atoms with Gasteiger partial charge in [0.05, 0.1) is 10.4 Å². The number of fused-ring (bicyclic) bond motifs is 1. The Hall–Kier alpha value is -4.13. The zero-order valence-corrected chi connectivity index (χ0v) is 16.1. The van der Waals surface area contributed by atoms with E-state index in [0.29, 0.717) is 23.6 Å². The maximum atomic E-state index is 12.8. The van der Waals surface area contributed by atoms with Gasteiger partial charge in [0, 0.05) is 29.3 Å². The van der Waals surface area contributed by atoms with Crippen LogP contribution in [0.25, 0.3) is 10.9 Å². The SMILES string of the molecule is Cc1cc2ccc(OCc3ccccc3)cc2n1C(=O)Oc1ccc([N+](=O)[O-])cc1. The van der Waals surface area contributed by atoms with Crippen molar-refractivity contribution in [2.24, 2.45) is 0 Å². The fourth-order valence-electron chi connectivity index (χ4n) is 3.17. The number of hydrogen-bond acceptors (Lipinski definition) is 5. The van der Waals surface area contributed by atoms with Gasteiger partial charge in [-0.25, -0.2) is 9.36 Å². The van der Waals surface area contributed by atoms with E-state index in [1.807, 2.05) is 55.5 Å². The van der Waals surface area contributed by atoms with Crippen LogP contribution in [-0.4, -0.2) is 15.6 Å². The summed E-state index contributed by atoms with van der Waals surface area (Å²) in [6.07, 6.45) is -0.600. The van der Waals surface area contributed by atoms with Crippen LogP contribution in [0.15, 0.2) is 78.9 Å². The standard InChI is InChI=1S/C23H18N2O5/c1-16-13-18-7-10-21(29-15-17-5-3-2-4-6-17)14-22(18)24(16)23(26)30-20-11-8-19(9-12-20)25(27)28/h2-14H,15H2,1H3. The zero-order chi connectivity index (χ0) is 21.1. The van der Waals surface area contributed by atoms with Crippen molar-refractivity contribution >= 4 is 22.7 Å². The van der Waals surface area contributed by atoms with Crippen LogP contribution in [0, 0.1) is 17.0 Å². The Morgan fingerprint density at radius 3 is 2.37 bits per heavy atom. The molecule has 0 amide bonds. The molecule has 0 aliphatic rings. The average molecular weight is 402 g/mol. The first-order valence-electron chi connectivity index (χ1n) is 9.27. The molecule has 150 valence electrons. The highest BCUT2D eigenvalue weighted by Crippen LogP contribution is 2.26. The molecule has 1 aromatic heterocycles. The molecule has 0 radical (unpaired) electrons. The second kappa shape index (κ2) is 8.08. The van der Waals surface area contributed by atoms with Gasteiger partial charge in [-0.15, -0.1) is 0 Å². The summed E-state index contributed by atoms with van der Waals surface area (Å²) < 4.78 is 12.7. The van der Waals surface area contributed by atoms with Gasteiger partial charge in [-0.1, -0.05) is 30.3 Å². The Morgan fingerprint density at radius 1 is 0.967 bits per heavy atom. The number of carbonyl (C=O) groups excluding carboxylic acids is 1. The molecule has 30 heavy (non-hydrogen) atoms. The van der Waals surface area contributed by atoms with Crippen molar-refractivity contribution in [2.75, 3.05) is 0 Å². The third-order valence-corrected chi connectivity index (χ3v) is 4.64. The Morgan fingerprint density at radius 2 is 1.67 bits per heavy atom. The average Bonchev–Trinajstić information content (AvgIpc) is 3.08. The molecular formula is C23H18N2O5. The predicted octanol–water partition coefficient (Wildman–Crippen LogP) is 5.48. The number of non-ortho nitro benzene ring substituents is 1. The number of ether oxygens (including phenoxy) is 2. The van der Waals surface area contributed by atoms with Crippen LogP contribution < -0.4 is 9.47 Å². The van der Waals surface area contributed by atoms with E-state index < -0.39 is 11.0 Å². The Bertz CT molecular complexity index is 1210. The number of aromatic nitrogens is 1. The summed E-state index contributed by atoms with van der Waals surface area (Å²) in [7, 11) is 0. The molecule has 0 unspecified atom stereocenters. The van der Waals surface area contributed by atoms with Crippen molar-refractivity contribution < 1.29 is 19.2 Å². The van der Waals surface area contributed by atoms with Gasteiger partial charge in [0.25, 0.3) is 5.69 Å². The van der Waals surface area contributed by atoms with Crippen LogP contribution in [0.4, 0.5) is 10.5 Å². The van der Waals surface area contributed by atoms with Gasteiger partial charge in [0.2, 0.25) is 0 Å². The van der Waals surface area contributed by atoms with Crippen molar-refractivity contribution in [1.82, 2.24) is 4.57 Å². The molecule has 7 heteroatoms. The van der Waals surface area contributed by atoms with Crippen LogP contribution >= 0.6 is 0 Å². The predicted molar refractivity (Wildman–Crippen MR) is 112 cm³/mol. The number of rotatable bonds is 5. The molecule has 0 N–H and O–H groups in total. The minimum atomic E-state index is -0.600.